The van der Waals surface area contributed by atoms with Gasteiger partial charge in [0.15, 0.2) is 0 Å². The van der Waals surface area contributed by atoms with Gasteiger partial charge in [0.1, 0.15) is 5.82 Å². The number of benzene rings is 1. The van der Waals surface area contributed by atoms with Crippen molar-refractivity contribution in [3.8, 4) is 11.4 Å². The van der Waals surface area contributed by atoms with Crippen LogP contribution in [0, 0.1) is 0 Å². The summed E-state index contributed by atoms with van der Waals surface area (Å²) in [6.45, 7) is 2.73. The molecule has 4 heteroatoms. The molecule has 2 N–H and O–H groups in total. The smallest absolute Gasteiger partial charge is 0.140 e. The molecule has 0 aliphatic rings. The summed E-state index contributed by atoms with van der Waals surface area (Å²) < 4.78 is 2.06. The highest BCUT2D eigenvalue weighted by molar-refractivity contribution is 6.25. The molecule has 1 aromatic heterocycles. The third-order valence-corrected chi connectivity index (χ3v) is 2.86. The van der Waals surface area contributed by atoms with Gasteiger partial charge in [0.25, 0.3) is 0 Å². The monoisotopic (exact) mass is 247 g/mol. The lowest BCUT2D eigenvalue weighted by Gasteiger charge is -2.07. The summed E-state index contributed by atoms with van der Waals surface area (Å²) in [6.07, 6.45) is 3.72. The van der Waals surface area contributed by atoms with Crippen molar-refractivity contribution in [2.45, 2.75) is 13.5 Å². The Morgan fingerprint density at radius 2 is 2.12 bits per heavy atom. The zero-order chi connectivity index (χ0) is 12.3. The summed E-state index contributed by atoms with van der Waals surface area (Å²) in [7, 11) is 0. The normalized spacial score (nSPS) is 11.8. The first-order chi connectivity index (χ1) is 8.20. The third kappa shape index (κ3) is 2.68. The average Bonchev–Trinajstić information content (AvgIpc) is 2.78. The summed E-state index contributed by atoms with van der Waals surface area (Å²) in [5.41, 5.74) is 10.1. The maximum atomic E-state index is 5.68. The van der Waals surface area contributed by atoms with Gasteiger partial charge in [-0.3, -0.25) is 0 Å². The van der Waals surface area contributed by atoms with Gasteiger partial charge in [-0.15, -0.1) is 0 Å². The summed E-state index contributed by atoms with van der Waals surface area (Å²) in [5, 5.41) is 0. The molecule has 0 aliphatic carbocycles. The lowest BCUT2D eigenvalue weighted by Crippen LogP contribution is -2.00. The molecule has 0 saturated carbocycles. The van der Waals surface area contributed by atoms with E-state index in [9.17, 15) is 0 Å². The molecule has 1 aromatic carbocycles. The molecule has 0 radical (unpaired) electrons. The van der Waals surface area contributed by atoms with Crippen LogP contribution in [-0.2, 0) is 6.54 Å². The number of nitrogens with zero attached hydrogens (tertiary/aromatic N) is 2. The number of hydrogen-bond donors (Lipinski definition) is 1. The van der Waals surface area contributed by atoms with Gasteiger partial charge in [-0.1, -0.05) is 11.6 Å². The Hall–Kier alpha value is -1.74. The molecule has 0 amide bonds. The minimum absolute atomic E-state index is 0.739. The van der Waals surface area contributed by atoms with Crippen LogP contribution in [-0.4, -0.2) is 9.55 Å². The predicted molar refractivity (Wildman–Crippen MR) is 71.7 cm³/mol. The number of nitrogen functional groups attached to an aromatic ring is 1. The number of rotatable bonds is 3. The largest absolute Gasteiger partial charge is 0.399 e. The minimum Gasteiger partial charge on any atom is -0.399 e. The van der Waals surface area contributed by atoms with E-state index < -0.39 is 0 Å². The molecule has 0 unspecified atom stereocenters. The Kier molecular flexibility index (Phi) is 3.49. The van der Waals surface area contributed by atoms with Gasteiger partial charge in [0.2, 0.25) is 0 Å². The maximum absolute atomic E-state index is 5.68. The van der Waals surface area contributed by atoms with Crippen LogP contribution in [0.15, 0.2) is 47.8 Å². The number of allylic oxidation sites excluding steroid dienone is 1. The zero-order valence-corrected chi connectivity index (χ0v) is 10.4. The number of nitrogens with two attached hydrogens (primary N) is 1. The summed E-state index contributed by atoms with van der Waals surface area (Å²) in [4.78, 5) is 4.36. The standard InChI is InChI=1S/C13H14ClN3/c1-10(8-14)9-17-7-6-16-13(17)11-2-4-12(15)5-3-11/h2-8H,9,15H2,1H3/b10-8-. The number of imidazole rings is 1. The van der Waals surface area contributed by atoms with Crippen molar-refractivity contribution >= 4 is 17.3 Å². The molecule has 0 atom stereocenters. The lowest BCUT2D eigenvalue weighted by molar-refractivity contribution is 0.793. The van der Waals surface area contributed by atoms with Crippen LogP contribution >= 0.6 is 11.6 Å². The van der Waals surface area contributed by atoms with Gasteiger partial charge >= 0.3 is 0 Å². The lowest BCUT2D eigenvalue weighted by atomic mass is 10.2. The van der Waals surface area contributed by atoms with Crippen LogP contribution in [0.25, 0.3) is 11.4 Å². The van der Waals surface area contributed by atoms with Crippen molar-refractivity contribution in [2.24, 2.45) is 0 Å². The first-order valence-electron chi connectivity index (χ1n) is 5.33. The fourth-order valence-corrected chi connectivity index (χ4v) is 1.70. The second-order valence-corrected chi connectivity index (χ2v) is 4.17. The van der Waals surface area contributed by atoms with E-state index >= 15 is 0 Å². The van der Waals surface area contributed by atoms with E-state index in [4.69, 9.17) is 17.3 Å². The Morgan fingerprint density at radius 1 is 1.41 bits per heavy atom. The molecule has 0 bridgehead atoms. The molecule has 0 fully saturated rings. The topological polar surface area (TPSA) is 43.8 Å². The van der Waals surface area contributed by atoms with E-state index in [1.54, 1.807) is 11.7 Å². The Balaban J connectivity index is 2.33. The SMILES string of the molecule is C/C(=C/Cl)Cn1ccnc1-c1ccc(N)cc1. The van der Waals surface area contributed by atoms with Gasteiger partial charge in [-0.05, 0) is 36.8 Å². The highest BCUT2D eigenvalue weighted by Crippen LogP contribution is 2.19. The second kappa shape index (κ2) is 5.06. The molecule has 0 saturated heterocycles. The fraction of sp³-hybridized carbons (Fsp3) is 0.154. The molecule has 1 heterocycles. The van der Waals surface area contributed by atoms with Crippen LogP contribution in [0.5, 0.6) is 0 Å². The van der Waals surface area contributed by atoms with E-state index in [0.717, 1.165) is 29.2 Å². The Labute approximate surface area is 106 Å². The van der Waals surface area contributed by atoms with Gasteiger partial charge in [0, 0.05) is 35.7 Å². The van der Waals surface area contributed by atoms with Crippen LogP contribution in [0.2, 0.25) is 0 Å². The molecule has 0 spiro atoms. The number of anilines is 1. The summed E-state index contributed by atoms with van der Waals surface area (Å²) in [5.74, 6) is 0.919. The maximum Gasteiger partial charge on any atom is 0.140 e. The Morgan fingerprint density at radius 3 is 2.76 bits per heavy atom. The second-order valence-electron chi connectivity index (χ2n) is 3.96. The molecule has 88 valence electrons. The van der Waals surface area contributed by atoms with Crippen LogP contribution in [0.3, 0.4) is 0 Å². The zero-order valence-electron chi connectivity index (χ0n) is 9.60. The fourth-order valence-electron chi connectivity index (χ4n) is 1.63. The Bertz CT molecular complexity index is 526. The van der Waals surface area contributed by atoms with Gasteiger partial charge in [-0.2, -0.15) is 0 Å². The molecule has 2 aromatic rings. The molecule has 17 heavy (non-hydrogen) atoms. The van der Waals surface area contributed by atoms with Crippen molar-refractivity contribution in [1.29, 1.82) is 0 Å². The van der Waals surface area contributed by atoms with E-state index in [1.807, 2.05) is 37.4 Å². The van der Waals surface area contributed by atoms with E-state index in [2.05, 4.69) is 9.55 Å². The quantitative estimate of drug-likeness (QED) is 0.846. The van der Waals surface area contributed by atoms with Crippen molar-refractivity contribution < 1.29 is 0 Å². The number of hydrogen-bond acceptors (Lipinski definition) is 2. The highest BCUT2D eigenvalue weighted by Gasteiger charge is 2.05. The van der Waals surface area contributed by atoms with E-state index in [1.165, 1.54) is 0 Å². The van der Waals surface area contributed by atoms with E-state index in [0.29, 0.717) is 0 Å². The van der Waals surface area contributed by atoms with Crippen LogP contribution < -0.4 is 5.73 Å². The minimum atomic E-state index is 0.739. The van der Waals surface area contributed by atoms with Crippen molar-refractivity contribution in [1.82, 2.24) is 9.55 Å². The van der Waals surface area contributed by atoms with Crippen LogP contribution in [0.1, 0.15) is 6.92 Å². The number of aromatic nitrogens is 2. The molecule has 0 aliphatic heterocycles. The predicted octanol–water partition coefficient (Wildman–Crippen LogP) is 3.27. The van der Waals surface area contributed by atoms with Crippen molar-refractivity contribution in [2.75, 3.05) is 5.73 Å². The third-order valence-electron chi connectivity index (χ3n) is 2.49. The summed E-state index contributed by atoms with van der Waals surface area (Å²) >= 11 is 5.68. The number of halogens is 1. The first kappa shape index (κ1) is 11.7. The average molecular weight is 248 g/mol. The van der Waals surface area contributed by atoms with Crippen molar-refractivity contribution in [3.05, 3.63) is 47.8 Å². The molecule has 2 rings (SSSR count). The van der Waals surface area contributed by atoms with Gasteiger partial charge in [-0.25, -0.2) is 4.98 Å². The van der Waals surface area contributed by atoms with Crippen LogP contribution in [0.4, 0.5) is 5.69 Å². The molecular formula is C13H14ClN3. The summed E-state index contributed by atoms with van der Waals surface area (Å²) in [6, 6.07) is 7.68. The molecule has 3 nitrogen and oxygen atoms in total. The van der Waals surface area contributed by atoms with Crippen molar-refractivity contribution in [3.63, 3.8) is 0 Å². The van der Waals surface area contributed by atoms with Gasteiger partial charge in [0.05, 0.1) is 0 Å². The highest BCUT2D eigenvalue weighted by atomic mass is 35.5. The molecular weight excluding hydrogens is 234 g/mol. The van der Waals surface area contributed by atoms with E-state index in [-0.39, 0.29) is 0 Å². The first-order valence-corrected chi connectivity index (χ1v) is 5.77. The van der Waals surface area contributed by atoms with Gasteiger partial charge < -0.3 is 10.3 Å².